The minimum atomic E-state index is 0. The molecule has 0 aliphatic carbocycles. The third-order valence-corrected chi connectivity index (χ3v) is 0. The van der Waals surface area contributed by atoms with E-state index in [0.29, 0.717) is 0 Å². The molecule has 0 saturated heterocycles. The van der Waals surface area contributed by atoms with Crippen molar-refractivity contribution in [1.29, 1.82) is 0 Å². The van der Waals surface area contributed by atoms with Crippen molar-refractivity contribution in [2.45, 2.75) is 0 Å². The molecule has 2 nitrogen and oxygen atoms in total. The van der Waals surface area contributed by atoms with Gasteiger partial charge in [0.2, 0.25) is 0 Å². The van der Waals surface area contributed by atoms with Gasteiger partial charge in [0.25, 0.3) is 0 Å². The van der Waals surface area contributed by atoms with E-state index in [9.17, 15) is 0 Å². The van der Waals surface area contributed by atoms with Crippen LogP contribution in [0.2, 0.25) is 0 Å². The summed E-state index contributed by atoms with van der Waals surface area (Å²) in [6.45, 7) is 0. The van der Waals surface area contributed by atoms with Crippen molar-refractivity contribution in [2.75, 3.05) is 0 Å². The van der Waals surface area contributed by atoms with E-state index in [-0.39, 0.29) is 82.6 Å². The Morgan fingerprint density at radius 3 is 0.750 bits per heavy atom. The van der Waals surface area contributed by atoms with Crippen molar-refractivity contribution >= 4 is 0 Å². The molecule has 20 valence electrons. The Bertz CT molecular complexity index is 4.00. The van der Waals surface area contributed by atoms with Crippen LogP contribution in [0.3, 0.4) is 0 Å². The van der Waals surface area contributed by atoms with E-state index in [1.165, 1.54) is 0 Å². The van der Waals surface area contributed by atoms with Crippen molar-refractivity contribution in [1.82, 2.24) is 0 Å². The predicted molar refractivity (Wildman–Crippen MR) is 5.26 cm³/mol. The first-order chi connectivity index (χ1) is 1.00. The van der Waals surface area contributed by atoms with E-state index in [1.807, 2.05) is 0 Å². The van der Waals surface area contributed by atoms with Gasteiger partial charge in [-0.2, -0.15) is 0 Å². The molecule has 0 heterocycles. The normalized spacial score (nSPS) is 1.50. The van der Waals surface area contributed by atoms with E-state index in [4.69, 9.17) is 10.5 Å². The maximum Gasteiger partial charge on any atom is 0 e. The van der Waals surface area contributed by atoms with Crippen molar-refractivity contribution in [2.24, 2.45) is 0 Å². The molecule has 0 fully saturated rings. The van der Waals surface area contributed by atoms with Crippen molar-refractivity contribution in [3.05, 3.63) is 0 Å². The van der Waals surface area contributed by atoms with Gasteiger partial charge in [-0.1, -0.05) is 0 Å². The SMILES string of the molecule is OO.[Pr].[Pr]. The first-order valence-corrected chi connectivity index (χ1v) is 0.200. The zero-order valence-electron chi connectivity index (χ0n) is 2.05. The van der Waals surface area contributed by atoms with Crippen LogP contribution in [0.15, 0.2) is 0 Å². The molecule has 4 heteroatoms. The molecule has 0 spiro atoms. The monoisotopic (exact) mass is 316 g/mol. The van der Waals surface area contributed by atoms with Crippen LogP contribution in [0, 0.1) is 82.6 Å². The molecule has 0 aromatic rings. The van der Waals surface area contributed by atoms with Gasteiger partial charge in [0.15, 0.2) is 0 Å². The molecule has 2 N–H and O–H groups in total. The van der Waals surface area contributed by atoms with Gasteiger partial charge in [-0.3, -0.25) is 10.5 Å². The molecule has 0 bridgehead atoms. The van der Waals surface area contributed by atoms with Crippen LogP contribution in [-0.4, -0.2) is 10.5 Å². The van der Waals surface area contributed by atoms with Crippen LogP contribution in [0.5, 0.6) is 0 Å². The number of rotatable bonds is 0. The van der Waals surface area contributed by atoms with Gasteiger partial charge in [-0.05, 0) is 0 Å². The van der Waals surface area contributed by atoms with Crippen LogP contribution < -0.4 is 0 Å². The molecule has 0 amide bonds. The fourth-order valence-corrected chi connectivity index (χ4v) is 0. The molecular weight excluding hydrogens is 314 g/mol. The van der Waals surface area contributed by atoms with E-state index in [2.05, 4.69) is 0 Å². The first kappa shape index (κ1) is 15.9. The second kappa shape index (κ2) is 17.4. The quantitative estimate of drug-likeness (QED) is 0.489. The summed E-state index contributed by atoms with van der Waals surface area (Å²) in [7, 11) is 0. The maximum atomic E-state index is 6.00. The fraction of sp³-hybridized carbons (Fsp3) is 0. The van der Waals surface area contributed by atoms with Crippen LogP contribution in [-0.2, 0) is 0 Å². The molecule has 2 radical (unpaired) electrons. The minimum absolute atomic E-state index is 0. The summed E-state index contributed by atoms with van der Waals surface area (Å²) in [6, 6.07) is 0. The van der Waals surface area contributed by atoms with Crippen LogP contribution >= 0.6 is 0 Å². The molecule has 0 aromatic heterocycles. The van der Waals surface area contributed by atoms with E-state index < -0.39 is 0 Å². The molecule has 0 saturated carbocycles. The van der Waals surface area contributed by atoms with Gasteiger partial charge in [-0.25, -0.2) is 0 Å². The minimum Gasteiger partial charge on any atom is -0.255 e. The van der Waals surface area contributed by atoms with E-state index >= 15 is 0 Å². The summed E-state index contributed by atoms with van der Waals surface area (Å²) in [6.07, 6.45) is 0. The molecule has 0 aromatic carbocycles. The average molecular weight is 316 g/mol. The van der Waals surface area contributed by atoms with Crippen molar-refractivity contribution < 1.29 is 93.1 Å². The van der Waals surface area contributed by atoms with Gasteiger partial charge in [0.1, 0.15) is 0 Å². The van der Waals surface area contributed by atoms with Gasteiger partial charge in [-0.15, -0.1) is 0 Å². The summed E-state index contributed by atoms with van der Waals surface area (Å²) in [5, 5.41) is 12.0. The molecule has 0 rings (SSSR count). The molecule has 0 aliphatic heterocycles. The van der Waals surface area contributed by atoms with E-state index in [0.717, 1.165) is 0 Å². The zero-order chi connectivity index (χ0) is 2.00. The fourth-order valence-electron chi connectivity index (χ4n) is 0. The van der Waals surface area contributed by atoms with Crippen molar-refractivity contribution in [3.8, 4) is 0 Å². The Morgan fingerprint density at radius 2 is 0.750 bits per heavy atom. The van der Waals surface area contributed by atoms with Gasteiger partial charge in [0, 0.05) is 82.6 Å². The van der Waals surface area contributed by atoms with Gasteiger partial charge >= 0.3 is 0 Å². The van der Waals surface area contributed by atoms with Crippen LogP contribution in [0.25, 0.3) is 0 Å². The Morgan fingerprint density at radius 1 is 0.750 bits per heavy atom. The van der Waals surface area contributed by atoms with Gasteiger partial charge in [0.05, 0.1) is 0 Å². The number of hydrogen-bond donors (Lipinski definition) is 2. The predicted octanol–water partition coefficient (Wildman–Crippen LogP) is 0.0174. The van der Waals surface area contributed by atoms with Crippen LogP contribution in [0.4, 0.5) is 0 Å². The summed E-state index contributed by atoms with van der Waals surface area (Å²) < 4.78 is 0. The molecule has 0 unspecified atom stereocenters. The summed E-state index contributed by atoms with van der Waals surface area (Å²) in [4.78, 5) is 0. The average Bonchev–Trinajstić information content (AvgIpc) is 1.00. The zero-order valence-corrected chi connectivity index (χ0v) is 9.46. The van der Waals surface area contributed by atoms with Crippen LogP contribution in [0.1, 0.15) is 0 Å². The smallest absolute Gasteiger partial charge is 0 e. The second-order valence-electron chi connectivity index (χ2n) is 0. The Kier molecular flexibility index (Phi) is 69.3. The van der Waals surface area contributed by atoms with E-state index in [1.54, 1.807) is 0 Å². The maximum absolute atomic E-state index is 6.00. The molecule has 0 aliphatic rings. The molecular formula is H2O2Pr2. The third kappa shape index (κ3) is 8.82. The Balaban J connectivity index is -0.00000000500. The summed E-state index contributed by atoms with van der Waals surface area (Å²) >= 11 is 0. The third-order valence-electron chi connectivity index (χ3n) is 0. The topological polar surface area (TPSA) is 40.5 Å². The second-order valence-corrected chi connectivity index (χ2v) is 0. The largest absolute Gasteiger partial charge is 0.255 e. The summed E-state index contributed by atoms with van der Waals surface area (Å²) in [5.74, 6) is 0. The Labute approximate surface area is 90.8 Å². The van der Waals surface area contributed by atoms with Gasteiger partial charge < -0.3 is 0 Å². The number of hydrogen-bond acceptors (Lipinski definition) is 2. The molecule has 0 atom stereocenters. The Hall–Kier alpha value is 2.65. The standard InChI is InChI=1S/H2O2.2Pr/c1-2;;/h1-2H;;. The van der Waals surface area contributed by atoms with Crippen molar-refractivity contribution in [3.63, 3.8) is 0 Å². The molecule has 4 heavy (non-hydrogen) atoms. The first-order valence-electron chi connectivity index (χ1n) is 0.200. The summed E-state index contributed by atoms with van der Waals surface area (Å²) in [5.41, 5.74) is 0.